The van der Waals surface area contributed by atoms with Gasteiger partial charge in [0.1, 0.15) is 18.5 Å². The third kappa shape index (κ3) is 5.49. The first-order valence-corrected chi connectivity index (χ1v) is 11.2. The van der Waals surface area contributed by atoms with Crippen LogP contribution in [0.2, 0.25) is 0 Å². The van der Waals surface area contributed by atoms with Gasteiger partial charge in [-0.05, 0) is 55.3 Å². The van der Waals surface area contributed by atoms with Gasteiger partial charge in [0.15, 0.2) is 0 Å². The van der Waals surface area contributed by atoms with E-state index in [9.17, 15) is 13.9 Å². The number of aliphatic hydroxyl groups excluding tert-OH is 1. The lowest BCUT2D eigenvalue weighted by atomic mass is 9.94. The molecule has 1 N–H and O–H groups in total. The van der Waals surface area contributed by atoms with E-state index in [0.717, 1.165) is 18.7 Å². The fraction of sp³-hybridized carbons (Fsp3) is 0.739. The molecule has 2 heterocycles. The van der Waals surface area contributed by atoms with Crippen LogP contribution in [0.15, 0.2) is 24.3 Å². The van der Waals surface area contributed by atoms with Gasteiger partial charge in [0.05, 0.1) is 12.6 Å². The number of nitrogens with zero attached hydrogens (tertiary/aromatic N) is 2. The Labute approximate surface area is 177 Å². The van der Waals surface area contributed by atoms with Crippen LogP contribution < -0.4 is 4.74 Å². The van der Waals surface area contributed by atoms with Gasteiger partial charge in [-0.3, -0.25) is 9.80 Å². The lowest BCUT2D eigenvalue weighted by Crippen LogP contribution is -2.48. The summed E-state index contributed by atoms with van der Waals surface area (Å²) in [5, 5.41) is 10.4. The summed E-state index contributed by atoms with van der Waals surface area (Å²) < 4.78 is 38.5. The monoisotopic (exact) mass is 424 g/mol. The van der Waals surface area contributed by atoms with Gasteiger partial charge in [-0.25, -0.2) is 8.78 Å². The van der Waals surface area contributed by atoms with E-state index in [0.29, 0.717) is 49.7 Å². The zero-order valence-corrected chi connectivity index (χ0v) is 17.8. The van der Waals surface area contributed by atoms with E-state index < -0.39 is 12.0 Å². The molecule has 2 unspecified atom stereocenters. The number of halogens is 2. The molecule has 3 fully saturated rings. The number of hydrogen-bond acceptors (Lipinski definition) is 5. The number of piperidine rings is 2. The summed E-state index contributed by atoms with van der Waals surface area (Å²) in [5.41, 5.74) is 0.997. The molecule has 2 bridgehead atoms. The van der Waals surface area contributed by atoms with Crippen LogP contribution >= 0.6 is 0 Å². The largest absolute Gasteiger partial charge is 0.491 e. The zero-order valence-electron chi connectivity index (χ0n) is 17.8. The van der Waals surface area contributed by atoms with Gasteiger partial charge < -0.3 is 14.6 Å². The minimum Gasteiger partial charge on any atom is -0.491 e. The van der Waals surface area contributed by atoms with E-state index >= 15 is 0 Å². The van der Waals surface area contributed by atoms with Crippen LogP contribution in [-0.2, 0) is 11.3 Å². The molecule has 4 atom stereocenters. The van der Waals surface area contributed by atoms with Crippen molar-refractivity contribution in [2.24, 2.45) is 11.8 Å². The quantitative estimate of drug-likeness (QED) is 0.695. The standard InChI is InChI=1S/C23H34F2N2O3/c1-29-22-18-5-6-19(22)13-27(12-18)14-20(28)15-30-21-7-3-17(4-8-21)11-26-10-2-9-23(24,25)16-26/h3-4,7-8,18-20,22,28H,2,5-6,9-16H2,1H3/t18-,19+,20?,22?. The predicted molar refractivity (Wildman–Crippen MR) is 111 cm³/mol. The average Bonchev–Trinajstić information content (AvgIpc) is 2.96. The number of aliphatic hydroxyl groups is 1. The Balaban J connectivity index is 1.20. The first kappa shape index (κ1) is 21.9. The van der Waals surface area contributed by atoms with Gasteiger partial charge >= 0.3 is 0 Å². The van der Waals surface area contributed by atoms with Crippen molar-refractivity contribution in [3.05, 3.63) is 29.8 Å². The fourth-order valence-corrected chi connectivity index (χ4v) is 5.48. The van der Waals surface area contributed by atoms with Gasteiger partial charge in [-0.2, -0.15) is 0 Å². The maximum Gasteiger partial charge on any atom is 0.260 e. The third-order valence-electron chi connectivity index (χ3n) is 6.81. The fourth-order valence-electron chi connectivity index (χ4n) is 5.48. The smallest absolute Gasteiger partial charge is 0.260 e. The highest BCUT2D eigenvalue weighted by atomic mass is 19.3. The summed E-state index contributed by atoms with van der Waals surface area (Å²) in [6, 6.07) is 7.55. The highest BCUT2D eigenvalue weighted by molar-refractivity contribution is 5.27. The average molecular weight is 425 g/mol. The zero-order chi connectivity index (χ0) is 21.1. The van der Waals surface area contributed by atoms with Crippen LogP contribution in [0.5, 0.6) is 5.75 Å². The molecule has 168 valence electrons. The van der Waals surface area contributed by atoms with Crippen molar-refractivity contribution >= 4 is 0 Å². The van der Waals surface area contributed by atoms with E-state index in [-0.39, 0.29) is 19.6 Å². The summed E-state index contributed by atoms with van der Waals surface area (Å²) in [7, 11) is 1.81. The molecule has 2 saturated heterocycles. The minimum absolute atomic E-state index is 0.00961. The van der Waals surface area contributed by atoms with Crippen LogP contribution in [0.3, 0.4) is 0 Å². The van der Waals surface area contributed by atoms with Crippen LogP contribution in [0.25, 0.3) is 0 Å². The minimum atomic E-state index is -2.57. The van der Waals surface area contributed by atoms with Crippen molar-refractivity contribution in [2.45, 2.75) is 50.4 Å². The lowest BCUT2D eigenvalue weighted by molar-refractivity contribution is -0.0661. The first-order chi connectivity index (χ1) is 14.4. The predicted octanol–water partition coefficient (Wildman–Crippen LogP) is 3.01. The van der Waals surface area contributed by atoms with Crippen molar-refractivity contribution in [1.82, 2.24) is 9.80 Å². The molecule has 0 amide bonds. The van der Waals surface area contributed by atoms with Crippen molar-refractivity contribution < 1.29 is 23.4 Å². The van der Waals surface area contributed by atoms with E-state index in [2.05, 4.69) is 4.90 Å². The molecular weight excluding hydrogens is 390 g/mol. The van der Waals surface area contributed by atoms with Crippen LogP contribution in [0, 0.1) is 11.8 Å². The topological polar surface area (TPSA) is 45.2 Å². The Morgan fingerprint density at radius 3 is 2.47 bits per heavy atom. The van der Waals surface area contributed by atoms with Gasteiger partial charge in [0.25, 0.3) is 5.92 Å². The van der Waals surface area contributed by atoms with E-state index in [1.807, 2.05) is 29.2 Å². The summed E-state index contributed by atoms with van der Waals surface area (Å²) in [5.74, 6) is -0.723. The van der Waals surface area contributed by atoms with Crippen molar-refractivity contribution in [1.29, 1.82) is 0 Å². The van der Waals surface area contributed by atoms with Crippen LogP contribution in [-0.4, -0.2) is 79.5 Å². The van der Waals surface area contributed by atoms with E-state index in [1.165, 1.54) is 12.8 Å². The molecule has 30 heavy (non-hydrogen) atoms. The number of hydrogen-bond donors (Lipinski definition) is 1. The second-order valence-corrected chi connectivity index (χ2v) is 9.30. The molecular formula is C23H34F2N2O3. The Morgan fingerprint density at radius 1 is 1.13 bits per heavy atom. The summed E-state index contributed by atoms with van der Waals surface area (Å²) >= 11 is 0. The number of benzene rings is 1. The van der Waals surface area contributed by atoms with E-state index in [1.54, 1.807) is 7.11 Å². The molecule has 0 radical (unpaired) electrons. The Bertz CT molecular complexity index is 674. The Hall–Kier alpha value is -1.28. The normalized spacial score (nSPS) is 30.3. The molecule has 0 aromatic heterocycles. The molecule has 1 aromatic carbocycles. The number of likely N-dealkylation sites (tertiary alicyclic amines) is 2. The third-order valence-corrected chi connectivity index (χ3v) is 6.81. The van der Waals surface area contributed by atoms with Crippen LogP contribution in [0.4, 0.5) is 8.78 Å². The second kappa shape index (κ2) is 9.47. The molecule has 1 aliphatic carbocycles. The highest BCUT2D eigenvalue weighted by Crippen LogP contribution is 2.38. The van der Waals surface area contributed by atoms with Crippen molar-refractivity contribution in [3.63, 3.8) is 0 Å². The lowest BCUT2D eigenvalue weighted by Gasteiger charge is -2.37. The molecule has 2 aliphatic heterocycles. The highest BCUT2D eigenvalue weighted by Gasteiger charge is 2.42. The molecule has 4 rings (SSSR count). The van der Waals surface area contributed by atoms with Crippen molar-refractivity contribution in [2.75, 3.05) is 46.4 Å². The van der Waals surface area contributed by atoms with Gasteiger partial charge in [0.2, 0.25) is 0 Å². The molecule has 1 aromatic rings. The molecule has 7 heteroatoms. The maximum atomic E-state index is 13.6. The number of rotatable bonds is 8. The van der Waals surface area contributed by atoms with Gasteiger partial charge in [0, 0.05) is 39.7 Å². The number of methoxy groups -OCH3 is 1. The molecule has 0 spiro atoms. The molecule has 1 saturated carbocycles. The number of fused-ring (bicyclic) bond motifs is 2. The first-order valence-electron chi connectivity index (χ1n) is 11.2. The summed E-state index contributed by atoms with van der Waals surface area (Å²) in [6.45, 7) is 3.90. The molecule has 3 aliphatic rings. The van der Waals surface area contributed by atoms with Gasteiger partial charge in [-0.1, -0.05) is 12.1 Å². The van der Waals surface area contributed by atoms with Crippen LogP contribution in [0.1, 0.15) is 31.2 Å². The van der Waals surface area contributed by atoms with E-state index in [4.69, 9.17) is 9.47 Å². The van der Waals surface area contributed by atoms with Crippen molar-refractivity contribution in [3.8, 4) is 5.75 Å². The number of β-amino-alcohol motifs (C(OH)–C–C–N with tert-alkyl or cyclic N) is 1. The van der Waals surface area contributed by atoms with Gasteiger partial charge in [-0.15, -0.1) is 0 Å². The summed E-state index contributed by atoms with van der Waals surface area (Å²) in [4.78, 5) is 4.15. The number of ether oxygens (including phenoxy) is 2. The molecule has 5 nitrogen and oxygen atoms in total. The maximum absolute atomic E-state index is 13.6. The second-order valence-electron chi connectivity index (χ2n) is 9.30. The summed E-state index contributed by atoms with van der Waals surface area (Å²) in [6.07, 6.45) is 2.80. The number of alkyl halides is 2. The Morgan fingerprint density at radius 2 is 1.83 bits per heavy atom. The Kier molecular flexibility index (Phi) is 6.92. The SMILES string of the molecule is COC1[C@@H]2CC[C@H]1CN(CC(O)COc1ccc(CN3CCCC(F)(F)C3)cc1)C2.